The Balaban J connectivity index is 1.86. The van der Waals surface area contributed by atoms with Crippen molar-refractivity contribution < 1.29 is 9.59 Å². The molecule has 0 bridgehead atoms. The number of carbonyl (C=O) groups is 2. The molecule has 1 saturated heterocycles. The molecule has 1 aromatic rings. The third kappa shape index (κ3) is 2.38. The van der Waals surface area contributed by atoms with E-state index in [0.717, 1.165) is 31.2 Å². The minimum absolute atomic E-state index is 0.000819. The highest BCUT2D eigenvalue weighted by Crippen LogP contribution is 2.40. The molecule has 112 valence electrons. The largest absolute Gasteiger partial charge is 0.313 e. The van der Waals surface area contributed by atoms with Gasteiger partial charge in [0.15, 0.2) is 0 Å². The lowest BCUT2D eigenvalue weighted by Gasteiger charge is -2.19. The van der Waals surface area contributed by atoms with Crippen molar-refractivity contribution in [1.82, 2.24) is 5.32 Å². The summed E-state index contributed by atoms with van der Waals surface area (Å²) in [5, 5.41) is 3.18. The van der Waals surface area contributed by atoms with Crippen molar-refractivity contribution in [3.05, 3.63) is 29.8 Å². The zero-order valence-corrected chi connectivity index (χ0v) is 12.6. The van der Waals surface area contributed by atoms with E-state index < -0.39 is 0 Å². The number of nitrogens with zero attached hydrogens (tertiary/aromatic N) is 1. The number of benzene rings is 1. The van der Waals surface area contributed by atoms with Crippen LogP contribution in [0.4, 0.5) is 5.69 Å². The summed E-state index contributed by atoms with van der Waals surface area (Å²) in [6.07, 6.45) is 3.85. The molecule has 1 aliphatic heterocycles. The van der Waals surface area contributed by atoms with Crippen LogP contribution in [0.3, 0.4) is 0 Å². The molecule has 1 heterocycles. The fraction of sp³-hybridized carbons (Fsp3) is 0.529. The molecule has 3 atom stereocenters. The van der Waals surface area contributed by atoms with Gasteiger partial charge in [0.05, 0.1) is 17.5 Å². The number of rotatable bonds is 3. The molecule has 1 aromatic carbocycles. The highest BCUT2D eigenvalue weighted by Gasteiger charge is 2.48. The first kappa shape index (κ1) is 14.3. The van der Waals surface area contributed by atoms with Crippen LogP contribution in [0.2, 0.25) is 0 Å². The molecule has 4 nitrogen and oxygen atoms in total. The molecule has 1 saturated carbocycles. The molecule has 21 heavy (non-hydrogen) atoms. The first-order chi connectivity index (χ1) is 10.1. The highest BCUT2D eigenvalue weighted by molar-refractivity contribution is 6.22. The smallest absolute Gasteiger partial charge is 0.237 e. The molecule has 2 amide bonds. The van der Waals surface area contributed by atoms with Crippen molar-refractivity contribution in [3.63, 3.8) is 0 Å². The van der Waals surface area contributed by atoms with E-state index >= 15 is 0 Å². The Morgan fingerprint density at radius 2 is 1.57 bits per heavy atom. The van der Waals surface area contributed by atoms with E-state index in [0.29, 0.717) is 5.69 Å². The minimum Gasteiger partial charge on any atom is -0.313 e. The minimum atomic E-state index is -0.0813. The molecule has 3 unspecified atom stereocenters. The van der Waals surface area contributed by atoms with Gasteiger partial charge in [0.1, 0.15) is 0 Å². The summed E-state index contributed by atoms with van der Waals surface area (Å²) >= 11 is 0. The number of hydrogen-bond acceptors (Lipinski definition) is 3. The monoisotopic (exact) mass is 286 g/mol. The Hall–Kier alpha value is -1.68. The van der Waals surface area contributed by atoms with Crippen LogP contribution >= 0.6 is 0 Å². The molecule has 0 spiro atoms. The van der Waals surface area contributed by atoms with Crippen LogP contribution in [0.25, 0.3) is 0 Å². The second-order valence-electron chi connectivity index (χ2n) is 6.11. The van der Waals surface area contributed by atoms with Crippen LogP contribution < -0.4 is 10.2 Å². The Labute approximate surface area is 125 Å². The van der Waals surface area contributed by atoms with Crippen LogP contribution in [0, 0.1) is 11.8 Å². The SMILES string of the molecule is CNC(C)c1ccc(N2C(=O)C3CCCCC3C2=O)cc1. The summed E-state index contributed by atoms with van der Waals surface area (Å²) in [6, 6.07) is 8.00. The number of carbonyl (C=O) groups excluding carboxylic acids is 2. The maximum Gasteiger partial charge on any atom is 0.237 e. The fourth-order valence-corrected chi connectivity index (χ4v) is 3.50. The van der Waals surface area contributed by atoms with E-state index in [1.165, 1.54) is 4.90 Å². The lowest BCUT2D eigenvalue weighted by molar-refractivity contribution is -0.122. The molecule has 3 rings (SSSR count). The molecule has 1 aliphatic carbocycles. The molecule has 2 aliphatic rings. The van der Waals surface area contributed by atoms with Crippen LogP contribution in [0.15, 0.2) is 24.3 Å². The number of anilines is 1. The summed E-state index contributed by atoms with van der Waals surface area (Å²) in [6.45, 7) is 2.08. The second kappa shape index (κ2) is 5.60. The molecule has 0 aromatic heterocycles. The summed E-state index contributed by atoms with van der Waals surface area (Å²) in [5.74, 6) is -0.164. The summed E-state index contributed by atoms with van der Waals surface area (Å²) in [7, 11) is 1.91. The molecule has 4 heteroatoms. The van der Waals surface area contributed by atoms with E-state index in [-0.39, 0.29) is 29.7 Å². The van der Waals surface area contributed by atoms with E-state index in [4.69, 9.17) is 0 Å². The number of amides is 2. The normalized spacial score (nSPS) is 26.9. The maximum absolute atomic E-state index is 12.5. The average Bonchev–Trinajstić information content (AvgIpc) is 2.79. The van der Waals surface area contributed by atoms with Gasteiger partial charge in [-0.3, -0.25) is 14.5 Å². The van der Waals surface area contributed by atoms with Crippen LogP contribution in [-0.4, -0.2) is 18.9 Å². The van der Waals surface area contributed by atoms with E-state index in [9.17, 15) is 9.59 Å². The maximum atomic E-state index is 12.5. The van der Waals surface area contributed by atoms with E-state index in [1.807, 2.05) is 31.3 Å². The zero-order chi connectivity index (χ0) is 15.0. The lowest BCUT2D eigenvalue weighted by Crippen LogP contribution is -2.30. The van der Waals surface area contributed by atoms with Gasteiger partial charge in [-0.1, -0.05) is 25.0 Å². The lowest BCUT2D eigenvalue weighted by atomic mass is 9.81. The Kier molecular flexibility index (Phi) is 3.81. The average molecular weight is 286 g/mol. The van der Waals surface area contributed by atoms with E-state index in [2.05, 4.69) is 12.2 Å². The predicted molar refractivity (Wildman–Crippen MR) is 81.9 cm³/mol. The van der Waals surface area contributed by atoms with Gasteiger partial charge in [-0.2, -0.15) is 0 Å². The third-order valence-electron chi connectivity index (χ3n) is 4.93. The summed E-state index contributed by atoms with van der Waals surface area (Å²) < 4.78 is 0. The van der Waals surface area contributed by atoms with Gasteiger partial charge >= 0.3 is 0 Å². The van der Waals surface area contributed by atoms with Gasteiger partial charge in [0.25, 0.3) is 0 Å². The topological polar surface area (TPSA) is 49.4 Å². The highest BCUT2D eigenvalue weighted by atomic mass is 16.2. The number of hydrogen-bond donors (Lipinski definition) is 1. The van der Waals surface area contributed by atoms with Crippen molar-refractivity contribution in [2.75, 3.05) is 11.9 Å². The van der Waals surface area contributed by atoms with Gasteiger partial charge in [0.2, 0.25) is 11.8 Å². The Morgan fingerprint density at radius 1 is 1.05 bits per heavy atom. The van der Waals surface area contributed by atoms with Crippen LogP contribution in [-0.2, 0) is 9.59 Å². The standard InChI is InChI=1S/C17H22N2O2/c1-11(18-2)12-7-9-13(10-8-12)19-16(20)14-5-3-4-6-15(14)17(19)21/h7-11,14-15,18H,3-6H2,1-2H3. The molecule has 1 N–H and O–H groups in total. The summed E-state index contributed by atoms with van der Waals surface area (Å²) in [5.41, 5.74) is 1.87. The van der Waals surface area contributed by atoms with Gasteiger partial charge in [0, 0.05) is 6.04 Å². The van der Waals surface area contributed by atoms with Crippen LogP contribution in [0.1, 0.15) is 44.2 Å². The van der Waals surface area contributed by atoms with Crippen molar-refractivity contribution in [2.24, 2.45) is 11.8 Å². The van der Waals surface area contributed by atoms with Gasteiger partial charge < -0.3 is 5.32 Å². The Bertz CT molecular complexity index is 528. The number of nitrogens with one attached hydrogen (secondary N) is 1. The predicted octanol–water partition coefficient (Wildman–Crippen LogP) is 2.65. The van der Waals surface area contributed by atoms with Crippen molar-refractivity contribution in [2.45, 2.75) is 38.6 Å². The van der Waals surface area contributed by atoms with Gasteiger partial charge in [-0.15, -0.1) is 0 Å². The molecule has 0 radical (unpaired) electrons. The van der Waals surface area contributed by atoms with Gasteiger partial charge in [-0.25, -0.2) is 0 Å². The summed E-state index contributed by atoms with van der Waals surface area (Å²) in [4.78, 5) is 26.4. The number of imide groups is 1. The molecular weight excluding hydrogens is 264 g/mol. The number of fused-ring (bicyclic) bond motifs is 1. The van der Waals surface area contributed by atoms with Crippen molar-refractivity contribution in [1.29, 1.82) is 0 Å². The quantitative estimate of drug-likeness (QED) is 0.869. The molecular formula is C17H22N2O2. The first-order valence-electron chi connectivity index (χ1n) is 7.78. The fourth-order valence-electron chi connectivity index (χ4n) is 3.50. The second-order valence-corrected chi connectivity index (χ2v) is 6.11. The zero-order valence-electron chi connectivity index (χ0n) is 12.6. The van der Waals surface area contributed by atoms with Crippen molar-refractivity contribution >= 4 is 17.5 Å². The Morgan fingerprint density at radius 3 is 2.05 bits per heavy atom. The van der Waals surface area contributed by atoms with Crippen LogP contribution in [0.5, 0.6) is 0 Å². The molecule has 2 fully saturated rings. The van der Waals surface area contributed by atoms with Gasteiger partial charge in [-0.05, 0) is 44.5 Å². The van der Waals surface area contributed by atoms with Crippen molar-refractivity contribution in [3.8, 4) is 0 Å². The first-order valence-corrected chi connectivity index (χ1v) is 7.78. The van der Waals surface area contributed by atoms with E-state index in [1.54, 1.807) is 0 Å². The third-order valence-corrected chi connectivity index (χ3v) is 4.93.